The Morgan fingerprint density at radius 2 is 1.87 bits per heavy atom. The summed E-state index contributed by atoms with van der Waals surface area (Å²) in [6.07, 6.45) is 3.81. The van der Waals surface area contributed by atoms with E-state index in [4.69, 9.17) is 4.74 Å². The molecule has 2 rings (SSSR count). The van der Waals surface area contributed by atoms with Crippen molar-refractivity contribution in [3.05, 3.63) is 29.8 Å². The van der Waals surface area contributed by atoms with Crippen molar-refractivity contribution in [3.63, 3.8) is 0 Å². The molecular weight excluding hydrogens is 186 g/mol. The van der Waals surface area contributed by atoms with Gasteiger partial charge < -0.3 is 9.64 Å². The first kappa shape index (κ1) is 10.5. The molecule has 1 aromatic carbocycles. The second-order valence-electron chi connectivity index (χ2n) is 4.15. The second-order valence-corrected chi connectivity index (χ2v) is 4.15. The van der Waals surface area contributed by atoms with Crippen LogP contribution in [0.4, 0.5) is 0 Å². The number of rotatable bonds is 6. The van der Waals surface area contributed by atoms with E-state index < -0.39 is 0 Å². The van der Waals surface area contributed by atoms with Crippen molar-refractivity contribution in [3.8, 4) is 5.75 Å². The van der Waals surface area contributed by atoms with Gasteiger partial charge in [-0.05, 0) is 43.5 Å². The summed E-state index contributed by atoms with van der Waals surface area (Å²) < 4.78 is 5.13. The van der Waals surface area contributed by atoms with Crippen LogP contribution in [0.5, 0.6) is 5.75 Å². The fourth-order valence-corrected chi connectivity index (χ4v) is 1.75. The summed E-state index contributed by atoms with van der Waals surface area (Å²) in [4.78, 5) is 2.48. The molecule has 0 amide bonds. The Balaban J connectivity index is 1.67. The fraction of sp³-hybridized carbons (Fsp3) is 0.538. The highest BCUT2D eigenvalue weighted by atomic mass is 16.5. The van der Waals surface area contributed by atoms with Crippen LogP contribution in [0.25, 0.3) is 0 Å². The lowest BCUT2D eigenvalue weighted by Gasteiger charge is -2.04. The Morgan fingerprint density at radius 3 is 2.47 bits per heavy atom. The van der Waals surface area contributed by atoms with Crippen LogP contribution in [0, 0.1) is 0 Å². The van der Waals surface area contributed by atoms with Crippen molar-refractivity contribution in [2.24, 2.45) is 0 Å². The van der Waals surface area contributed by atoms with Gasteiger partial charge in [-0.25, -0.2) is 0 Å². The molecule has 0 N–H and O–H groups in total. The third-order valence-electron chi connectivity index (χ3n) is 2.89. The molecule has 0 aliphatic carbocycles. The normalized spacial score (nSPS) is 15.3. The number of methoxy groups -OCH3 is 1. The molecule has 0 radical (unpaired) electrons. The van der Waals surface area contributed by atoms with Gasteiger partial charge >= 0.3 is 0 Å². The Hall–Kier alpha value is -1.02. The molecule has 0 aromatic heterocycles. The number of unbranched alkanes of at least 4 members (excludes halogenated alkanes) is 1. The van der Waals surface area contributed by atoms with Crippen molar-refractivity contribution < 1.29 is 4.74 Å². The first-order valence-electron chi connectivity index (χ1n) is 5.74. The molecule has 1 fully saturated rings. The van der Waals surface area contributed by atoms with Crippen molar-refractivity contribution in [1.82, 2.24) is 4.90 Å². The molecule has 0 bridgehead atoms. The Bertz CT molecular complexity index is 290. The molecule has 2 nitrogen and oxygen atoms in total. The second kappa shape index (κ2) is 5.17. The van der Waals surface area contributed by atoms with Crippen LogP contribution in [0.3, 0.4) is 0 Å². The van der Waals surface area contributed by atoms with E-state index in [1.54, 1.807) is 7.11 Å². The summed E-state index contributed by atoms with van der Waals surface area (Å²) in [7, 11) is 1.71. The molecule has 1 aliphatic heterocycles. The number of aryl methyl sites for hydroxylation is 1. The SMILES string of the molecule is COc1ccc(CCCCN2CC2)cc1. The Labute approximate surface area is 91.9 Å². The minimum Gasteiger partial charge on any atom is -0.497 e. The smallest absolute Gasteiger partial charge is 0.118 e. The highest BCUT2D eigenvalue weighted by Crippen LogP contribution is 2.13. The minimum absolute atomic E-state index is 0.947. The van der Waals surface area contributed by atoms with E-state index in [9.17, 15) is 0 Å². The standard InChI is InChI=1S/C13H19NO/c1-15-13-7-5-12(6-8-13)4-2-3-9-14-10-11-14/h5-8H,2-4,9-11H2,1H3. The predicted molar refractivity (Wildman–Crippen MR) is 62.4 cm³/mol. The molecule has 1 heterocycles. The predicted octanol–water partition coefficient (Wildman–Crippen LogP) is 2.33. The van der Waals surface area contributed by atoms with Crippen LogP contribution >= 0.6 is 0 Å². The van der Waals surface area contributed by atoms with Gasteiger partial charge in [-0.2, -0.15) is 0 Å². The van der Waals surface area contributed by atoms with Crippen LogP contribution in [-0.4, -0.2) is 31.6 Å². The third kappa shape index (κ3) is 3.56. The minimum atomic E-state index is 0.947. The molecule has 0 atom stereocenters. The van der Waals surface area contributed by atoms with Crippen molar-refractivity contribution in [1.29, 1.82) is 0 Å². The zero-order chi connectivity index (χ0) is 10.5. The average Bonchev–Trinajstić information content (AvgIpc) is 3.09. The van der Waals surface area contributed by atoms with E-state index in [0.29, 0.717) is 0 Å². The van der Waals surface area contributed by atoms with E-state index in [1.807, 2.05) is 12.1 Å². The molecule has 1 saturated heterocycles. The maximum Gasteiger partial charge on any atom is 0.118 e. The topological polar surface area (TPSA) is 12.2 Å². The first-order valence-corrected chi connectivity index (χ1v) is 5.74. The van der Waals surface area contributed by atoms with Crippen LogP contribution in [0.2, 0.25) is 0 Å². The van der Waals surface area contributed by atoms with E-state index in [2.05, 4.69) is 17.0 Å². The molecule has 0 saturated carbocycles. The summed E-state index contributed by atoms with van der Waals surface area (Å²) in [5.41, 5.74) is 1.42. The van der Waals surface area contributed by atoms with Gasteiger partial charge in [0.15, 0.2) is 0 Å². The molecule has 0 unspecified atom stereocenters. The average molecular weight is 205 g/mol. The van der Waals surface area contributed by atoms with Gasteiger partial charge in [0, 0.05) is 13.1 Å². The molecule has 2 heteroatoms. The molecular formula is C13H19NO. The highest BCUT2D eigenvalue weighted by Gasteiger charge is 2.15. The van der Waals surface area contributed by atoms with Crippen LogP contribution < -0.4 is 4.74 Å². The van der Waals surface area contributed by atoms with Gasteiger partial charge in [-0.3, -0.25) is 0 Å². The van der Waals surface area contributed by atoms with Crippen LogP contribution in [0.15, 0.2) is 24.3 Å². The molecule has 82 valence electrons. The fourth-order valence-electron chi connectivity index (χ4n) is 1.75. The quantitative estimate of drug-likeness (QED) is 0.522. The van der Waals surface area contributed by atoms with E-state index >= 15 is 0 Å². The maximum absolute atomic E-state index is 5.13. The number of ether oxygens (including phenoxy) is 1. The maximum atomic E-state index is 5.13. The monoisotopic (exact) mass is 205 g/mol. The largest absolute Gasteiger partial charge is 0.497 e. The summed E-state index contributed by atoms with van der Waals surface area (Å²) in [6.45, 7) is 3.93. The molecule has 0 spiro atoms. The van der Waals surface area contributed by atoms with Gasteiger partial charge in [0.1, 0.15) is 5.75 Å². The number of benzene rings is 1. The number of hydrogen-bond acceptors (Lipinski definition) is 2. The van der Waals surface area contributed by atoms with E-state index in [1.165, 1.54) is 44.5 Å². The lowest BCUT2D eigenvalue weighted by molar-refractivity contribution is 0.414. The summed E-state index contributed by atoms with van der Waals surface area (Å²) >= 11 is 0. The Kier molecular flexibility index (Phi) is 3.62. The van der Waals surface area contributed by atoms with Gasteiger partial charge in [-0.15, -0.1) is 0 Å². The summed E-state index contributed by atoms with van der Waals surface area (Å²) in [5.74, 6) is 0.947. The van der Waals surface area contributed by atoms with Gasteiger partial charge in [0.05, 0.1) is 7.11 Å². The highest BCUT2D eigenvalue weighted by molar-refractivity contribution is 5.27. The first-order chi connectivity index (χ1) is 7.38. The lowest BCUT2D eigenvalue weighted by Crippen LogP contribution is -1.99. The van der Waals surface area contributed by atoms with Gasteiger partial charge in [0.2, 0.25) is 0 Å². The number of hydrogen-bond donors (Lipinski definition) is 0. The van der Waals surface area contributed by atoms with E-state index in [0.717, 1.165) is 5.75 Å². The summed E-state index contributed by atoms with van der Waals surface area (Å²) in [6, 6.07) is 8.41. The van der Waals surface area contributed by atoms with Gasteiger partial charge in [0.25, 0.3) is 0 Å². The van der Waals surface area contributed by atoms with Crippen LogP contribution in [0.1, 0.15) is 18.4 Å². The zero-order valence-electron chi connectivity index (χ0n) is 9.41. The molecule has 1 aromatic rings. The Morgan fingerprint density at radius 1 is 1.13 bits per heavy atom. The zero-order valence-corrected chi connectivity index (χ0v) is 9.41. The lowest BCUT2D eigenvalue weighted by atomic mass is 10.1. The van der Waals surface area contributed by atoms with E-state index in [-0.39, 0.29) is 0 Å². The molecule has 1 aliphatic rings. The van der Waals surface area contributed by atoms with Gasteiger partial charge in [-0.1, -0.05) is 12.1 Å². The third-order valence-corrected chi connectivity index (χ3v) is 2.89. The van der Waals surface area contributed by atoms with Crippen LogP contribution in [-0.2, 0) is 6.42 Å². The summed E-state index contributed by atoms with van der Waals surface area (Å²) in [5, 5.41) is 0. The number of nitrogens with zero attached hydrogens (tertiary/aromatic N) is 1. The van der Waals surface area contributed by atoms with Crippen molar-refractivity contribution in [2.75, 3.05) is 26.7 Å². The molecule has 15 heavy (non-hydrogen) atoms. The van der Waals surface area contributed by atoms with Crippen molar-refractivity contribution in [2.45, 2.75) is 19.3 Å². The van der Waals surface area contributed by atoms with Crippen molar-refractivity contribution >= 4 is 0 Å².